The normalized spacial score (nSPS) is 12.1. The Labute approximate surface area is 337 Å². The largest absolute Gasteiger partial charge is 0.309 e. The molecule has 0 radical (unpaired) electrons. The van der Waals surface area contributed by atoms with Crippen molar-refractivity contribution in [2.45, 2.75) is 0 Å². The Balaban J connectivity index is 1.26. The second-order valence-corrected chi connectivity index (χ2v) is 15.6. The van der Waals surface area contributed by atoms with E-state index in [1.54, 1.807) is 0 Å². The molecule has 274 valence electrons. The minimum absolute atomic E-state index is 0.0546. The van der Waals surface area contributed by atoms with Crippen molar-refractivity contribution in [2.24, 2.45) is 0 Å². The van der Waals surface area contributed by atoms with E-state index in [0.29, 0.717) is 5.39 Å². The average Bonchev–Trinajstić information content (AvgIpc) is 3.82. The maximum absolute atomic E-state index is 15.9. The van der Waals surface area contributed by atoms with Gasteiger partial charge in [0.1, 0.15) is 0 Å². The first-order valence-corrected chi connectivity index (χ1v) is 20.2. The molecule has 0 fully saturated rings. The van der Waals surface area contributed by atoms with Crippen molar-refractivity contribution in [1.82, 2.24) is 13.7 Å². The molecular formula is C55H33N3O. The molecule has 3 heterocycles. The minimum Gasteiger partial charge on any atom is -0.309 e. The highest BCUT2D eigenvalue weighted by atomic mass is 16.1. The summed E-state index contributed by atoms with van der Waals surface area (Å²) in [6.07, 6.45) is 0. The number of fused-ring (bicyclic) bond motifs is 16. The molecule has 59 heavy (non-hydrogen) atoms. The molecule has 4 nitrogen and oxygen atoms in total. The molecule has 0 amide bonds. The third-order valence-corrected chi connectivity index (χ3v) is 12.6. The third kappa shape index (κ3) is 4.40. The SMILES string of the molecule is O=c1c2cc3c(cc2c2ccc4c5ccccc5n(-c5ccccc5)c4c2n1-c1ccc2c4ccccc4c4ccccc4c2c1)c1ccccc1n3-c1ccccc1. The number of nitrogens with zero attached hydrogens (tertiary/aromatic N) is 3. The van der Waals surface area contributed by atoms with E-state index in [2.05, 4.69) is 203 Å². The first-order valence-electron chi connectivity index (χ1n) is 20.2. The average molecular weight is 752 g/mol. The van der Waals surface area contributed by atoms with Gasteiger partial charge in [-0.25, -0.2) is 0 Å². The number of aromatic nitrogens is 3. The molecule has 0 N–H and O–H groups in total. The van der Waals surface area contributed by atoms with E-state index in [1.165, 1.54) is 26.9 Å². The van der Waals surface area contributed by atoms with Crippen molar-refractivity contribution in [2.75, 3.05) is 0 Å². The van der Waals surface area contributed by atoms with Crippen molar-refractivity contribution in [3.05, 3.63) is 211 Å². The first kappa shape index (κ1) is 32.2. The van der Waals surface area contributed by atoms with Crippen molar-refractivity contribution < 1.29 is 0 Å². The fourth-order valence-corrected chi connectivity index (χ4v) is 10.1. The lowest BCUT2D eigenvalue weighted by Crippen LogP contribution is -2.20. The zero-order valence-electron chi connectivity index (χ0n) is 31.8. The number of benzene rings is 10. The van der Waals surface area contributed by atoms with E-state index < -0.39 is 0 Å². The van der Waals surface area contributed by atoms with Crippen LogP contribution in [0.25, 0.3) is 115 Å². The topological polar surface area (TPSA) is 31.9 Å². The van der Waals surface area contributed by atoms with Crippen LogP contribution >= 0.6 is 0 Å². The van der Waals surface area contributed by atoms with Gasteiger partial charge in [-0.3, -0.25) is 9.36 Å². The van der Waals surface area contributed by atoms with Gasteiger partial charge in [-0.2, -0.15) is 0 Å². The molecule has 0 spiro atoms. The van der Waals surface area contributed by atoms with Gasteiger partial charge in [0.2, 0.25) is 0 Å². The Morgan fingerprint density at radius 2 is 0.661 bits per heavy atom. The highest BCUT2D eigenvalue weighted by molar-refractivity contribution is 6.27. The molecule has 0 aliphatic rings. The van der Waals surface area contributed by atoms with Crippen molar-refractivity contribution in [1.29, 1.82) is 0 Å². The molecule has 4 heteroatoms. The van der Waals surface area contributed by atoms with Gasteiger partial charge in [0.05, 0.1) is 33.0 Å². The summed E-state index contributed by atoms with van der Waals surface area (Å²) in [7, 11) is 0. The lowest BCUT2D eigenvalue weighted by atomic mass is 9.94. The predicted molar refractivity (Wildman–Crippen MR) is 248 cm³/mol. The number of hydrogen-bond donors (Lipinski definition) is 0. The molecule has 0 saturated heterocycles. The molecule has 3 aromatic heterocycles. The van der Waals surface area contributed by atoms with E-state index in [9.17, 15) is 0 Å². The molecule has 13 rings (SSSR count). The second-order valence-electron chi connectivity index (χ2n) is 15.6. The van der Waals surface area contributed by atoms with Crippen molar-refractivity contribution in [3.63, 3.8) is 0 Å². The predicted octanol–water partition coefficient (Wildman–Crippen LogP) is 13.8. The molecule has 13 aromatic rings. The summed E-state index contributed by atoms with van der Waals surface area (Å²) >= 11 is 0. The zero-order valence-corrected chi connectivity index (χ0v) is 31.8. The maximum Gasteiger partial charge on any atom is 0.263 e. The fourth-order valence-electron chi connectivity index (χ4n) is 10.1. The summed E-state index contributed by atoms with van der Waals surface area (Å²) in [5.41, 5.74) is 7.97. The third-order valence-electron chi connectivity index (χ3n) is 12.6. The Kier molecular flexibility index (Phi) is 6.56. The van der Waals surface area contributed by atoms with Crippen LogP contribution in [-0.2, 0) is 0 Å². The van der Waals surface area contributed by atoms with Crippen LogP contribution in [0.2, 0.25) is 0 Å². The summed E-state index contributed by atoms with van der Waals surface area (Å²) < 4.78 is 6.64. The van der Waals surface area contributed by atoms with Gasteiger partial charge >= 0.3 is 0 Å². The fraction of sp³-hybridized carbons (Fsp3) is 0. The number of rotatable bonds is 3. The van der Waals surface area contributed by atoms with Crippen molar-refractivity contribution in [3.8, 4) is 17.1 Å². The Morgan fingerprint density at radius 1 is 0.237 bits per heavy atom. The Morgan fingerprint density at radius 3 is 1.29 bits per heavy atom. The van der Waals surface area contributed by atoms with Crippen molar-refractivity contribution >= 4 is 97.6 Å². The monoisotopic (exact) mass is 751 g/mol. The number of para-hydroxylation sites is 4. The van der Waals surface area contributed by atoms with Crippen LogP contribution in [0.5, 0.6) is 0 Å². The summed E-state index contributed by atoms with van der Waals surface area (Å²) in [6.45, 7) is 0. The molecule has 0 aliphatic heterocycles. The van der Waals surface area contributed by atoms with Gasteiger partial charge in [-0.1, -0.05) is 140 Å². The van der Waals surface area contributed by atoms with E-state index in [0.717, 1.165) is 82.3 Å². The lowest BCUT2D eigenvalue weighted by Gasteiger charge is -2.18. The summed E-state index contributed by atoms with van der Waals surface area (Å²) in [4.78, 5) is 15.9. The minimum atomic E-state index is -0.0546. The zero-order chi connectivity index (χ0) is 38.8. The van der Waals surface area contributed by atoms with E-state index in [4.69, 9.17) is 0 Å². The van der Waals surface area contributed by atoms with Gasteiger partial charge in [0, 0.05) is 44.0 Å². The van der Waals surface area contributed by atoms with Gasteiger partial charge in [0.15, 0.2) is 0 Å². The smallest absolute Gasteiger partial charge is 0.263 e. The summed E-state index contributed by atoms with van der Waals surface area (Å²) in [5, 5.41) is 14.2. The lowest BCUT2D eigenvalue weighted by molar-refractivity contribution is 1.06. The van der Waals surface area contributed by atoms with Gasteiger partial charge in [-0.15, -0.1) is 0 Å². The van der Waals surface area contributed by atoms with E-state index >= 15 is 4.79 Å². The Hall–Kier alpha value is -7.95. The van der Waals surface area contributed by atoms with Crippen LogP contribution < -0.4 is 5.56 Å². The molecule has 0 aliphatic carbocycles. The van der Waals surface area contributed by atoms with Gasteiger partial charge in [-0.05, 0) is 98.4 Å². The standard InChI is InChI=1S/C55H33N3O/c59-55-49-33-52-48(43-24-12-13-25-50(43)56(52)34-15-3-1-4-16-34)32-47(49)45-30-29-44-42-23-11-14-26-51(42)57(35-17-5-2-6-18-35)53(44)54(45)58(55)36-27-28-41-39-21-8-7-19-37(39)38-20-9-10-22-40(38)46(41)31-36/h1-33H. The molecule has 10 aromatic carbocycles. The van der Waals surface area contributed by atoms with Crippen LogP contribution in [0.15, 0.2) is 205 Å². The number of hydrogen-bond acceptors (Lipinski definition) is 1. The quantitative estimate of drug-likeness (QED) is 0.165. The number of pyridine rings is 1. The molecular weight excluding hydrogens is 719 g/mol. The Bertz CT molecular complexity index is 3930. The summed E-state index contributed by atoms with van der Waals surface area (Å²) in [5.74, 6) is 0. The highest BCUT2D eigenvalue weighted by Gasteiger charge is 2.23. The van der Waals surface area contributed by atoms with Crippen LogP contribution in [0, 0.1) is 0 Å². The molecule has 0 bridgehead atoms. The maximum atomic E-state index is 15.9. The highest BCUT2D eigenvalue weighted by Crippen LogP contribution is 2.42. The molecule has 0 saturated carbocycles. The van der Waals surface area contributed by atoms with Gasteiger partial charge < -0.3 is 9.13 Å². The van der Waals surface area contributed by atoms with Crippen LogP contribution in [0.3, 0.4) is 0 Å². The molecule has 0 unspecified atom stereocenters. The van der Waals surface area contributed by atoms with E-state index in [-0.39, 0.29) is 5.56 Å². The van der Waals surface area contributed by atoms with Gasteiger partial charge in [0.25, 0.3) is 5.56 Å². The van der Waals surface area contributed by atoms with Crippen LogP contribution in [0.4, 0.5) is 0 Å². The summed E-state index contributed by atoms with van der Waals surface area (Å²) in [6, 6.07) is 70.9. The first-order chi connectivity index (χ1) is 29.2. The molecule has 0 atom stereocenters. The van der Waals surface area contributed by atoms with Crippen LogP contribution in [-0.4, -0.2) is 13.7 Å². The van der Waals surface area contributed by atoms with Crippen LogP contribution in [0.1, 0.15) is 0 Å². The second kappa shape index (κ2) is 12.0. The van der Waals surface area contributed by atoms with E-state index in [1.807, 2.05) is 10.6 Å².